The smallest absolute Gasteiger partial charge is 0.328 e. The molecule has 11 heteroatoms. The molecule has 0 bridgehead atoms. The van der Waals surface area contributed by atoms with Crippen LogP contribution >= 0.6 is 0 Å². The van der Waals surface area contributed by atoms with Gasteiger partial charge in [-0.2, -0.15) is 0 Å². The minimum atomic E-state index is -1.35. The van der Waals surface area contributed by atoms with E-state index in [9.17, 15) is 24.3 Å². The molecule has 0 saturated carbocycles. The van der Waals surface area contributed by atoms with Gasteiger partial charge in [0.15, 0.2) is 0 Å². The molecule has 0 aromatic rings. The lowest BCUT2D eigenvalue weighted by Crippen LogP contribution is -2.57. The Kier molecular flexibility index (Phi) is 16.1. The van der Waals surface area contributed by atoms with Crippen LogP contribution in [0.5, 0.6) is 0 Å². The summed E-state index contributed by atoms with van der Waals surface area (Å²) in [5.74, 6) is -3.31. The summed E-state index contributed by atoms with van der Waals surface area (Å²) < 4.78 is 0. The molecule has 0 aromatic heterocycles. The van der Waals surface area contributed by atoms with Crippen molar-refractivity contribution in [3.8, 4) is 0 Å². The summed E-state index contributed by atoms with van der Waals surface area (Å²) in [5, 5.41) is 32.9. The van der Waals surface area contributed by atoms with E-state index in [4.69, 9.17) is 5.11 Å². The molecule has 0 heterocycles. The third-order valence-electron chi connectivity index (χ3n) is 4.98. The molecule has 2 amide bonds. The van der Waals surface area contributed by atoms with Gasteiger partial charge >= 0.3 is 11.9 Å². The highest BCUT2D eigenvalue weighted by Gasteiger charge is 2.28. The summed E-state index contributed by atoms with van der Waals surface area (Å²) in [6, 6.07) is -2.74. The number of carboxylic acid groups (broad SMARTS) is 2. The van der Waals surface area contributed by atoms with Crippen molar-refractivity contribution in [3.63, 3.8) is 0 Å². The van der Waals surface area contributed by atoms with Gasteiger partial charge in [0.2, 0.25) is 11.8 Å². The minimum absolute atomic E-state index is 0.0272. The summed E-state index contributed by atoms with van der Waals surface area (Å²) in [6.07, 6.45) is 2.54. The number of likely N-dealkylation sites (N-methyl/N-ethyl adjacent to an activating group) is 1. The number of carboxylic acids is 2. The van der Waals surface area contributed by atoms with E-state index in [0.717, 1.165) is 19.3 Å². The Labute approximate surface area is 196 Å². The van der Waals surface area contributed by atoms with Gasteiger partial charge in [-0.1, -0.05) is 40.5 Å². The lowest BCUT2D eigenvalue weighted by molar-refractivity contribution is -0.142. The average molecular weight is 474 g/mol. The number of hydrogen-bond donors (Lipinski definition) is 7. The number of nitrogens with one attached hydrogen (secondary N) is 5. The Balaban J connectivity index is 5.12. The molecule has 0 saturated heterocycles. The predicted molar refractivity (Wildman–Crippen MR) is 126 cm³/mol. The second-order valence-corrected chi connectivity index (χ2v) is 8.52. The van der Waals surface area contributed by atoms with Gasteiger partial charge in [-0.05, 0) is 26.3 Å². The maximum atomic E-state index is 12.8. The molecule has 11 nitrogen and oxygen atoms in total. The topological polar surface area (TPSA) is 169 Å². The molecule has 2 unspecified atom stereocenters. The number of rotatable bonds is 19. The third-order valence-corrected chi connectivity index (χ3v) is 4.98. The number of aliphatic carboxylic acids is 2. The van der Waals surface area contributed by atoms with E-state index < -0.39 is 36.0 Å². The standard InChI is InChI=1S/C22H43N5O6/c1-6-8-9-15(5)26-16(10-11-19(28)29)21(31)27-18(22(32)33)13-24-20(30)17(12-23-7-2)25-14(3)4/h14-18,23,25-26H,6-13H2,1-5H3,(H,24,30)(H,27,31)(H,28,29)(H,32,33)/t15?,16-,17-,18?/m0/s1. The van der Waals surface area contributed by atoms with E-state index in [-0.39, 0.29) is 37.4 Å². The first kappa shape index (κ1) is 30.8. The van der Waals surface area contributed by atoms with Crippen LogP contribution in [0.2, 0.25) is 0 Å². The van der Waals surface area contributed by atoms with Crippen LogP contribution < -0.4 is 26.6 Å². The van der Waals surface area contributed by atoms with Gasteiger partial charge in [-0.15, -0.1) is 0 Å². The van der Waals surface area contributed by atoms with Gasteiger partial charge < -0.3 is 36.8 Å². The monoisotopic (exact) mass is 473 g/mol. The average Bonchev–Trinajstić information content (AvgIpc) is 2.74. The first-order valence-corrected chi connectivity index (χ1v) is 11.8. The highest BCUT2D eigenvalue weighted by Crippen LogP contribution is 2.05. The number of amides is 2. The molecular formula is C22H43N5O6. The molecule has 4 atom stereocenters. The highest BCUT2D eigenvalue weighted by atomic mass is 16.4. The summed E-state index contributed by atoms with van der Waals surface area (Å²) in [4.78, 5) is 48.0. The maximum absolute atomic E-state index is 12.8. The molecular weight excluding hydrogens is 430 g/mol. The van der Waals surface area contributed by atoms with Gasteiger partial charge in [0.1, 0.15) is 6.04 Å². The van der Waals surface area contributed by atoms with Crippen molar-refractivity contribution < 1.29 is 29.4 Å². The highest BCUT2D eigenvalue weighted by molar-refractivity contribution is 5.88. The molecule has 0 aromatic carbocycles. The Morgan fingerprint density at radius 2 is 1.48 bits per heavy atom. The van der Waals surface area contributed by atoms with Gasteiger partial charge in [0, 0.05) is 31.6 Å². The van der Waals surface area contributed by atoms with Crippen molar-refractivity contribution in [2.75, 3.05) is 19.6 Å². The molecule has 192 valence electrons. The third kappa shape index (κ3) is 14.5. The van der Waals surface area contributed by atoms with Gasteiger partial charge in [-0.3, -0.25) is 14.4 Å². The van der Waals surface area contributed by atoms with Gasteiger partial charge in [0.25, 0.3) is 0 Å². The van der Waals surface area contributed by atoms with Crippen molar-refractivity contribution in [3.05, 3.63) is 0 Å². The maximum Gasteiger partial charge on any atom is 0.328 e. The second-order valence-electron chi connectivity index (χ2n) is 8.52. The zero-order valence-corrected chi connectivity index (χ0v) is 20.6. The molecule has 0 aliphatic carbocycles. The molecule has 7 N–H and O–H groups in total. The van der Waals surface area contributed by atoms with Crippen molar-refractivity contribution in [2.24, 2.45) is 0 Å². The van der Waals surface area contributed by atoms with Crippen molar-refractivity contribution in [1.82, 2.24) is 26.6 Å². The van der Waals surface area contributed by atoms with Crippen molar-refractivity contribution in [1.29, 1.82) is 0 Å². The largest absolute Gasteiger partial charge is 0.481 e. The van der Waals surface area contributed by atoms with Crippen LogP contribution in [0.25, 0.3) is 0 Å². The molecule has 0 radical (unpaired) electrons. The van der Waals surface area contributed by atoms with E-state index >= 15 is 0 Å². The van der Waals surface area contributed by atoms with Crippen LogP contribution in [-0.2, 0) is 19.2 Å². The summed E-state index contributed by atoms with van der Waals surface area (Å²) in [6.45, 7) is 10.4. The zero-order valence-electron chi connectivity index (χ0n) is 20.6. The lowest BCUT2D eigenvalue weighted by atomic mass is 10.1. The van der Waals surface area contributed by atoms with Crippen LogP contribution in [-0.4, -0.2) is 83.8 Å². The zero-order chi connectivity index (χ0) is 25.4. The minimum Gasteiger partial charge on any atom is -0.481 e. The molecule has 0 fully saturated rings. The first-order valence-electron chi connectivity index (χ1n) is 11.8. The SMILES string of the molecule is CCCCC(C)N[C@@H](CCC(=O)O)C(=O)NC(CNC(=O)[C@H](CNCC)NC(C)C)C(=O)O. The fourth-order valence-electron chi connectivity index (χ4n) is 3.21. The van der Waals surface area contributed by atoms with Crippen LogP contribution in [0, 0.1) is 0 Å². The molecule has 0 aliphatic heterocycles. The van der Waals surface area contributed by atoms with E-state index in [0.29, 0.717) is 13.1 Å². The number of carbonyl (C=O) groups excluding carboxylic acids is 2. The quantitative estimate of drug-likeness (QED) is 0.137. The van der Waals surface area contributed by atoms with Crippen LogP contribution in [0.1, 0.15) is 66.7 Å². The van der Waals surface area contributed by atoms with E-state index in [2.05, 4.69) is 26.6 Å². The van der Waals surface area contributed by atoms with Crippen molar-refractivity contribution >= 4 is 23.8 Å². The van der Waals surface area contributed by atoms with Gasteiger partial charge in [-0.25, -0.2) is 4.79 Å². The molecule has 0 aliphatic rings. The fraction of sp³-hybridized carbons (Fsp3) is 0.818. The number of unbranched alkanes of at least 4 members (excludes halogenated alkanes) is 1. The first-order chi connectivity index (χ1) is 15.5. The van der Waals surface area contributed by atoms with Crippen LogP contribution in [0.3, 0.4) is 0 Å². The summed E-state index contributed by atoms with van der Waals surface area (Å²) in [5.41, 5.74) is 0. The van der Waals surface area contributed by atoms with Gasteiger partial charge in [0.05, 0.1) is 12.1 Å². The fourth-order valence-corrected chi connectivity index (χ4v) is 3.21. The second kappa shape index (κ2) is 17.3. The normalized spacial score (nSPS) is 14.8. The Hall–Kier alpha value is -2.24. The summed E-state index contributed by atoms with van der Waals surface area (Å²) >= 11 is 0. The number of carbonyl (C=O) groups is 4. The van der Waals surface area contributed by atoms with E-state index in [1.165, 1.54) is 0 Å². The lowest BCUT2D eigenvalue weighted by Gasteiger charge is -2.25. The predicted octanol–water partition coefficient (Wildman–Crippen LogP) is 0.0498. The van der Waals surface area contributed by atoms with E-state index in [1.807, 2.05) is 34.6 Å². The molecule has 33 heavy (non-hydrogen) atoms. The number of hydrogen-bond acceptors (Lipinski definition) is 7. The summed E-state index contributed by atoms with van der Waals surface area (Å²) in [7, 11) is 0. The Bertz CT molecular complexity index is 616. The van der Waals surface area contributed by atoms with Crippen molar-refractivity contribution in [2.45, 2.75) is 96.9 Å². The van der Waals surface area contributed by atoms with Crippen LogP contribution in [0.4, 0.5) is 0 Å². The Morgan fingerprint density at radius 3 is 2.00 bits per heavy atom. The molecule has 0 spiro atoms. The Morgan fingerprint density at radius 1 is 0.818 bits per heavy atom. The van der Waals surface area contributed by atoms with E-state index in [1.54, 1.807) is 0 Å². The van der Waals surface area contributed by atoms with Crippen LogP contribution in [0.15, 0.2) is 0 Å². The molecule has 0 rings (SSSR count).